The molecule has 4 fully saturated rings. The number of nitrogens with two attached hydrogens (primary N) is 1. The third-order valence-electron chi connectivity index (χ3n) is 6.76. The van der Waals surface area contributed by atoms with E-state index in [1.54, 1.807) is 0 Å². The van der Waals surface area contributed by atoms with E-state index in [0.717, 1.165) is 30.2 Å². The van der Waals surface area contributed by atoms with E-state index >= 15 is 0 Å². The highest BCUT2D eigenvalue weighted by Crippen LogP contribution is 2.69. The molecule has 0 aliphatic heterocycles. The zero-order valence-corrected chi connectivity index (χ0v) is 11.8. The summed E-state index contributed by atoms with van der Waals surface area (Å²) in [5.74, 6) is 3.82. The van der Waals surface area contributed by atoms with Crippen molar-refractivity contribution in [3.05, 3.63) is 0 Å². The summed E-state index contributed by atoms with van der Waals surface area (Å²) >= 11 is 0. The van der Waals surface area contributed by atoms with E-state index in [2.05, 4.69) is 20.8 Å². The second-order valence-corrected chi connectivity index (χ2v) is 7.89. The van der Waals surface area contributed by atoms with Crippen molar-refractivity contribution in [2.24, 2.45) is 40.2 Å². The second-order valence-electron chi connectivity index (χ2n) is 7.89. The molecule has 4 bridgehead atoms. The molecule has 1 nitrogen and oxygen atoms in total. The highest BCUT2D eigenvalue weighted by atomic mass is 14.7. The van der Waals surface area contributed by atoms with Gasteiger partial charge in [0.05, 0.1) is 0 Å². The van der Waals surface area contributed by atoms with Crippen LogP contribution in [0.3, 0.4) is 0 Å². The van der Waals surface area contributed by atoms with Gasteiger partial charge in [0.2, 0.25) is 0 Å². The standard InChI is InChI=1S/C16H29N/c1-4-14(9-17)16-7-12-5-15(3,10-16)6-13(8-16)11(12)2/h11-14H,4-10,17H2,1-3H3. The summed E-state index contributed by atoms with van der Waals surface area (Å²) in [7, 11) is 0. The molecule has 2 N–H and O–H groups in total. The van der Waals surface area contributed by atoms with Gasteiger partial charge in [0.1, 0.15) is 0 Å². The fourth-order valence-corrected chi connectivity index (χ4v) is 6.22. The first-order chi connectivity index (χ1) is 8.02. The summed E-state index contributed by atoms with van der Waals surface area (Å²) in [4.78, 5) is 0. The molecule has 4 aliphatic carbocycles. The average Bonchev–Trinajstić information content (AvgIpc) is 2.24. The molecular weight excluding hydrogens is 206 g/mol. The molecule has 0 spiro atoms. The van der Waals surface area contributed by atoms with Crippen molar-refractivity contribution in [3.8, 4) is 0 Å². The second kappa shape index (κ2) is 3.73. The van der Waals surface area contributed by atoms with Gasteiger partial charge in [-0.1, -0.05) is 27.2 Å². The van der Waals surface area contributed by atoms with Crippen LogP contribution in [-0.2, 0) is 0 Å². The summed E-state index contributed by atoms with van der Waals surface area (Å²) in [5, 5.41) is 0. The van der Waals surface area contributed by atoms with Crippen molar-refractivity contribution in [2.75, 3.05) is 6.54 Å². The van der Waals surface area contributed by atoms with Crippen LogP contribution in [0.1, 0.15) is 59.3 Å². The van der Waals surface area contributed by atoms with Crippen LogP contribution in [0.15, 0.2) is 0 Å². The maximum Gasteiger partial charge on any atom is -0.00436 e. The molecule has 0 amide bonds. The van der Waals surface area contributed by atoms with Crippen LogP contribution in [-0.4, -0.2) is 6.54 Å². The Morgan fingerprint density at radius 3 is 2.24 bits per heavy atom. The van der Waals surface area contributed by atoms with Gasteiger partial charge in [0.25, 0.3) is 0 Å². The summed E-state index contributed by atoms with van der Waals surface area (Å²) in [5.41, 5.74) is 7.39. The zero-order valence-electron chi connectivity index (χ0n) is 11.8. The van der Waals surface area contributed by atoms with E-state index in [1.807, 2.05) is 0 Å². The Bertz CT molecular complexity index is 289. The zero-order chi connectivity index (χ0) is 12.3. The van der Waals surface area contributed by atoms with Crippen LogP contribution in [0.2, 0.25) is 0 Å². The van der Waals surface area contributed by atoms with Crippen molar-refractivity contribution >= 4 is 0 Å². The SMILES string of the molecule is CCC(CN)C12CC3CC(C)(CC(C1)C3C)C2. The number of hydrogen-bond donors (Lipinski definition) is 1. The minimum Gasteiger partial charge on any atom is -0.330 e. The number of rotatable bonds is 3. The maximum atomic E-state index is 6.08. The normalized spacial score (nSPS) is 54.0. The smallest absolute Gasteiger partial charge is 0.00436 e. The third-order valence-corrected chi connectivity index (χ3v) is 6.76. The maximum absolute atomic E-state index is 6.08. The van der Waals surface area contributed by atoms with Crippen molar-refractivity contribution in [3.63, 3.8) is 0 Å². The molecule has 0 radical (unpaired) electrons. The Morgan fingerprint density at radius 2 is 1.76 bits per heavy atom. The summed E-state index contributed by atoms with van der Waals surface area (Å²) in [6, 6.07) is 0. The van der Waals surface area contributed by atoms with Crippen LogP contribution in [0.5, 0.6) is 0 Å². The molecule has 0 saturated heterocycles. The van der Waals surface area contributed by atoms with Gasteiger partial charge >= 0.3 is 0 Å². The first-order valence-corrected chi connectivity index (χ1v) is 7.72. The Balaban J connectivity index is 1.93. The van der Waals surface area contributed by atoms with Crippen molar-refractivity contribution in [1.29, 1.82) is 0 Å². The lowest BCUT2D eigenvalue weighted by atomic mass is 9.39. The van der Waals surface area contributed by atoms with E-state index in [9.17, 15) is 0 Å². The average molecular weight is 235 g/mol. The Hall–Kier alpha value is -0.0400. The minimum atomic E-state index is 0.636. The van der Waals surface area contributed by atoms with E-state index < -0.39 is 0 Å². The van der Waals surface area contributed by atoms with E-state index in [1.165, 1.54) is 38.5 Å². The van der Waals surface area contributed by atoms with Crippen molar-refractivity contribution < 1.29 is 0 Å². The highest BCUT2D eigenvalue weighted by molar-refractivity contribution is 5.09. The topological polar surface area (TPSA) is 26.0 Å². The lowest BCUT2D eigenvalue weighted by Crippen LogP contribution is -2.57. The monoisotopic (exact) mass is 235 g/mol. The quantitative estimate of drug-likeness (QED) is 0.790. The molecule has 0 aromatic carbocycles. The molecular formula is C16H29N. The molecule has 0 aromatic rings. The Morgan fingerprint density at radius 1 is 1.18 bits per heavy atom. The van der Waals surface area contributed by atoms with Gasteiger partial charge in [-0.05, 0) is 73.2 Å². The van der Waals surface area contributed by atoms with Gasteiger partial charge in [-0.2, -0.15) is 0 Å². The highest BCUT2D eigenvalue weighted by Gasteiger charge is 2.59. The van der Waals surface area contributed by atoms with Crippen molar-refractivity contribution in [1.82, 2.24) is 0 Å². The molecule has 1 heteroatoms. The van der Waals surface area contributed by atoms with Gasteiger partial charge in [-0.25, -0.2) is 0 Å². The van der Waals surface area contributed by atoms with E-state index in [0.29, 0.717) is 10.8 Å². The van der Waals surface area contributed by atoms with Crippen molar-refractivity contribution in [2.45, 2.75) is 59.3 Å². The van der Waals surface area contributed by atoms with Crippen LogP contribution in [0.25, 0.3) is 0 Å². The van der Waals surface area contributed by atoms with Crippen LogP contribution in [0.4, 0.5) is 0 Å². The molecule has 3 atom stereocenters. The fourth-order valence-electron chi connectivity index (χ4n) is 6.22. The lowest BCUT2D eigenvalue weighted by molar-refractivity contribution is -0.155. The largest absolute Gasteiger partial charge is 0.330 e. The summed E-state index contributed by atoms with van der Waals surface area (Å²) < 4.78 is 0. The first-order valence-electron chi connectivity index (χ1n) is 7.72. The predicted octanol–water partition coefficient (Wildman–Crippen LogP) is 3.82. The Kier molecular flexibility index (Phi) is 2.63. The fraction of sp³-hybridized carbons (Fsp3) is 1.00. The lowest BCUT2D eigenvalue weighted by Gasteiger charge is -2.66. The van der Waals surface area contributed by atoms with E-state index in [-0.39, 0.29) is 0 Å². The predicted molar refractivity (Wildman–Crippen MR) is 72.6 cm³/mol. The minimum absolute atomic E-state index is 0.636. The molecule has 4 rings (SSSR count). The van der Waals surface area contributed by atoms with E-state index in [4.69, 9.17) is 5.73 Å². The Labute approximate surface area is 107 Å². The molecule has 4 aliphatic rings. The molecule has 98 valence electrons. The third kappa shape index (κ3) is 1.61. The molecule has 17 heavy (non-hydrogen) atoms. The van der Waals surface area contributed by atoms with Crippen LogP contribution >= 0.6 is 0 Å². The van der Waals surface area contributed by atoms with Gasteiger partial charge < -0.3 is 5.73 Å². The van der Waals surface area contributed by atoms with Gasteiger partial charge in [0.15, 0.2) is 0 Å². The van der Waals surface area contributed by atoms with Gasteiger partial charge in [0, 0.05) is 0 Å². The molecule has 0 heterocycles. The van der Waals surface area contributed by atoms with Crippen LogP contribution in [0, 0.1) is 34.5 Å². The molecule has 4 saturated carbocycles. The van der Waals surface area contributed by atoms with Gasteiger partial charge in [-0.3, -0.25) is 0 Å². The van der Waals surface area contributed by atoms with Gasteiger partial charge in [-0.15, -0.1) is 0 Å². The molecule has 3 unspecified atom stereocenters. The first kappa shape index (κ1) is 12.0. The summed E-state index contributed by atoms with van der Waals surface area (Å²) in [6.07, 6.45) is 8.78. The summed E-state index contributed by atoms with van der Waals surface area (Å²) in [6.45, 7) is 8.35. The number of hydrogen-bond acceptors (Lipinski definition) is 1. The van der Waals surface area contributed by atoms with Crippen LogP contribution < -0.4 is 5.73 Å². The molecule has 0 aromatic heterocycles.